The number of rotatable bonds is 16. The molecular formula is C84H69F13KN5O20S5. The predicted octanol–water partition coefficient (Wildman–Crippen LogP) is 9.45. The van der Waals surface area contributed by atoms with Crippen molar-refractivity contribution in [1.82, 2.24) is 0 Å². The summed E-state index contributed by atoms with van der Waals surface area (Å²) in [5, 5.41) is 62.2. The van der Waals surface area contributed by atoms with Crippen LogP contribution in [-0.4, -0.2) is 153 Å². The summed E-state index contributed by atoms with van der Waals surface area (Å²) >= 11 is 3.79. The van der Waals surface area contributed by atoms with Crippen molar-refractivity contribution in [2.45, 2.75) is 90.7 Å². The number of hydrogen-bond acceptors (Lipinski definition) is 26. The number of esters is 2. The van der Waals surface area contributed by atoms with Gasteiger partial charge in [0.15, 0.2) is 99.1 Å². The largest absolute Gasteiger partial charge is 1.00 e. The van der Waals surface area contributed by atoms with Crippen LogP contribution in [0.4, 0.5) is 57.1 Å². The summed E-state index contributed by atoms with van der Waals surface area (Å²) in [5.41, 5.74) is -3.39. The normalized spacial score (nSPS) is 20.8. The van der Waals surface area contributed by atoms with Crippen LogP contribution in [0.3, 0.4) is 0 Å². The number of methoxy groups -OCH3 is 2. The molecule has 0 unspecified atom stereocenters. The molecule has 0 amide bonds. The number of halogens is 13. The van der Waals surface area contributed by atoms with Crippen LogP contribution in [-0.2, 0) is 86.9 Å². The molecule has 44 heteroatoms. The standard InChI is InChI=1S/C23H20F2N2O6S2.C22H18F2N2O5S.C20H18F4O5S.C12H9F3O4.C6H4F2S.CN.K/c1-34(28,29)9-6-20-17-13-33-22-19(25)5-4-18(24)21(22)23(17,7-8-32-20)35(30,31)16-3-2-14(11-26)15(10-16)12-27;23-17-3-4-18(24)21-20(17)22(6-8-30-19(5-7-27)16(22)12-31-21)32(28,29)15-2-1-13(10-25)14(9-15)11-26;21-13-2-1-11(9-16(13)24)30(26,27)20-6-8-28-17(5-7-25)12(20)10-29-19-15(23)4-3-14(22)18(19)20;1-18-11(16)7(12(17)19-2)5-6-8(13)3-4-9(14)10(6)15;7-5-2-1-4(9)3-6(5)8;1-2;/h2-5,10,17,20H,6-9,13H2,1H3;1-4,9,16,19,27H,5-8,12H2;1-4,9,12,17,25H,5-8,10H2;3-5H,1-2H3;1-3,9H;;/q;;;;;-1;+1/t17-,20-,23-;16-,19-,22-;12-,17-,20-;;;;/m000..../s1. The Morgan fingerprint density at radius 2 is 0.758 bits per heavy atom. The van der Waals surface area contributed by atoms with Crippen molar-refractivity contribution >= 4 is 70.0 Å². The van der Waals surface area contributed by atoms with Crippen LogP contribution in [0.2, 0.25) is 0 Å². The molecule has 25 nitrogen and oxygen atoms in total. The molecular weight excluding hydrogens is 1850 g/mol. The monoisotopic (exact) mass is 1910 g/mol. The molecule has 9 atom stereocenters. The van der Waals surface area contributed by atoms with Crippen LogP contribution < -0.4 is 65.6 Å². The summed E-state index contributed by atoms with van der Waals surface area (Å²) in [6.45, 7) is 2.81. The van der Waals surface area contributed by atoms with Crippen molar-refractivity contribution in [2.24, 2.45) is 17.8 Å². The first kappa shape index (κ1) is 103. The number of carbonyl (C=O) groups is 2. The zero-order chi connectivity index (χ0) is 93.8. The van der Waals surface area contributed by atoms with Gasteiger partial charge in [-0.3, -0.25) is 0 Å². The fraction of sp³-hybridized carbons (Fsp3) is 0.321. The number of nitrogens with zero attached hydrogens (tertiary/aromatic N) is 5. The summed E-state index contributed by atoms with van der Waals surface area (Å²) in [6, 6.07) is 25.8. The van der Waals surface area contributed by atoms with Gasteiger partial charge in [-0.25, -0.2) is 100 Å². The second-order valence-corrected chi connectivity index (χ2v) is 37.8. The maximum atomic E-state index is 15.3. The zero-order valence-electron chi connectivity index (χ0n) is 67.2. The van der Waals surface area contributed by atoms with E-state index < -0.39 is 227 Å². The van der Waals surface area contributed by atoms with Crippen LogP contribution in [0.25, 0.3) is 6.08 Å². The predicted molar refractivity (Wildman–Crippen MR) is 418 cm³/mol. The number of fused-ring (bicyclic) bond motifs is 9. The van der Waals surface area contributed by atoms with E-state index >= 15 is 13.2 Å². The van der Waals surface area contributed by atoms with Crippen LogP contribution in [0.15, 0.2) is 146 Å². The number of nitriles is 4. The summed E-state index contributed by atoms with van der Waals surface area (Å²) in [4.78, 5) is 21.8. The molecule has 3 fully saturated rings. The van der Waals surface area contributed by atoms with Gasteiger partial charge < -0.3 is 59.9 Å². The number of benzene rings is 8. The summed E-state index contributed by atoms with van der Waals surface area (Å²) in [6.07, 6.45) is -1.65. The first-order chi connectivity index (χ1) is 60.1. The third-order valence-electron chi connectivity index (χ3n) is 21.6. The van der Waals surface area contributed by atoms with Gasteiger partial charge in [-0.05, 0) is 166 Å². The maximum Gasteiger partial charge on any atom is 1.00 e. The van der Waals surface area contributed by atoms with Gasteiger partial charge in [-0.2, -0.15) is 21.0 Å². The fourth-order valence-electron chi connectivity index (χ4n) is 15.9. The Morgan fingerprint density at radius 1 is 0.445 bits per heavy atom. The van der Waals surface area contributed by atoms with Gasteiger partial charge in [0.05, 0.1) is 117 Å². The third-order valence-corrected chi connectivity index (χ3v) is 30.5. The number of aliphatic hydroxyl groups excluding tert-OH is 2. The average Bonchev–Trinajstić information content (AvgIpc) is 0.705. The fourth-order valence-corrected chi connectivity index (χ4v) is 23.8. The molecule has 128 heavy (non-hydrogen) atoms. The number of aliphatic hydroxyl groups is 2. The number of sulfone groups is 4. The molecule has 14 rings (SSSR count). The van der Waals surface area contributed by atoms with Crippen molar-refractivity contribution in [2.75, 3.05) is 79.1 Å². The molecule has 672 valence electrons. The number of thiol groups is 1. The van der Waals surface area contributed by atoms with Gasteiger partial charge in [0.1, 0.15) is 77.2 Å². The van der Waals surface area contributed by atoms with Gasteiger partial charge in [0, 0.05) is 61.9 Å². The topological polar surface area (TPSA) is 404 Å². The molecule has 0 bridgehead atoms. The summed E-state index contributed by atoms with van der Waals surface area (Å²) in [5.74, 6) is -21.2. The van der Waals surface area contributed by atoms with Gasteiger partial charge in [0.25, 0.3) is 0 Å². The van der Waals surface area contributed by atoms with E-state index in [4.69, 9.17) is 40.3 Å². The third kappa shape index (κ3) is 20.3. The first-order valence-corrected chi connectivity index (χ1v) is 44.1. The number of hydrogen-bond donors (Lipinski definition) is 3. The summed E-state index contributed by atoms with van der Waals surface area (Å²) < 4.78 is 325. The van der Waals surface area contributed by atoms with E-state index in [1.807, 2.05) is 6.07 Å². The van der Waals surface area contributed by atoms with E-state index in [1.165, 1.54) is 24.3 Å². The first-order valence-electron chi connectivity index (χ1n) is 37.2. The van der Waals surface area contributed by atoms with E-state index in [2.05, 4.69) is 22.1 Å². The molecule has 0 radical (unpaired) electrons. The van der Waals surface area contributed by atoms with Crippen molar-refractivity contribution in [3.8, 4) is 41.5 Å². The van der Waals surface area contributed by atoms with Crippen molar-refractivity contribution in [3.63, 3.8) is 0 Å². The minimum atomic E-state index is -4.58. The van der Waals surface area contributed by atoms with E-state index in [-0.39, 0.29) is 181 Å². The molecule has 6 aliphatic heterocycles. The van der Waals surface area contributed by atoms with Crippen molar-refractivity contribution < 1.29 is 200 Å². The summed E-state index contributed by atoms with van der Waals surface area (Å²) in [7, 11) is -15.1. The molecule has 0 aliphatic carbocycles. The van der Waals surface area contributed by atoms with Gasteiger partial charge in [-0.15, -0.1) is 12.6 Å². The van der Waals surface area contributed by atoms with Gasteiger partial charge in [0.2, 0.25) is 0 Å². The van der Waals surface area contributed by atoms with Crippen LogP contribution >= 0.6 is 12.6 Å². The molecule has 0 spiro atoms. The Labute approximate surface area is 772 Å². The van der Waals surface area contributed by atoms with Gasteiger partial charge in [-0.1, -0.05) is 0 Å². The maximum absolute atomic E-state index is 15.3. The van der Waals surface area contributed by atoms with Gasteiger partial charge >= 0.3 is 63.3 Å². The molecule has 6 heterocycles. The van der Waals surface area contributed by atoms with Crippen molar-refractivity contribution in [1.29, 1.82) is 26.3 Å². The second-order valence-electron chi connectivity index (χ2n) is 28.4. The van der Waals surface area contributed by atoms with Crippen LogP contribution in [0, 0.1) is 151 Å². The molecule has 3 saturated heterocycles. The average molecular weight is 1910 g/mol. The Kier molecular flexibility index (Phi) is 34.8. The minimum Gasteiger partial charge on any atom is -0.512 e. The molecule has 8 aromatic carbocycles. The van der Waals surface area contributed by atoms with E-state index in [0.717, 1.165) is 93.3 Å². The molecule has 6 aliphatic rings. The van der Waals surface area contributed by atoms with E-state index in [9.17, 15) is 118 Å². The Morgan fingerprint density at radius 3 is 1.09 bits per heavy atom. The Bertz CT molecular complexity index is 6300. The minimum absolute atomic E-state index is 0. The quantitative estimate of drug-likeness (QED) is 0.00774. The van der Waals surface area contributed by atoms with E-state index in [0.29, 0.717) is 35.2 Å². The number of ether oxygens (including phenoxy) is 8. The molecule has 0 saturated carbocycles. The molecule has 8 aromatic rings. The number of carbonyl (C=O) groups excluding carboxylic acids is 2. The van der Waals surface area contributed by atoms with E-state index in [1.54, 1.807) is 18.2 Å². The Hall–Kier alpha value is -10.0. The van der Waals surface area contributed by atoms with Crippen molar-refractivity contribution in [3.05, 3.63) is 254 Å². The zero-order valence-corrected chi connectivity index (χ0v) is 74.5. The molecule has 2 N–H and O–H groups in total. The van der Waals surface area contributed by atoms with Crippen LogP contribution in [0.5, 0.6) is 17.2 Å². The molecule has 0 aromatic heterocycles. The second kappa shape index (κ2) is 43.1. The smallest absolute Gasteiger partial charge is 0.512 e. The van der Waals surface area contributed by atoms with Crippen LogP contribution in [0.1, 0.15) is 83.0 Å². The SMILES string of the molecule is COC(=O)C(=Cc1c(F)ccc(F)c1F)C(=O)OC.CS(=O)(=O)CC[C@@H]1OCC[C@@]2(S(=O)(=O)c3ccc(C#N)c(C#N)c3)c3c(F)ccc(F)c3OC[C@@H]12.Fc1ccc(S)cc1F.N#Cc1ccc(S(=O)(=O)[C@@]23CCO[C@@H](CCO)[C@@H]2COc2c(F)ccc(F)c23)cc1C#N.O=S(=O)(c1ccc(F)c(F)c1)[C@@]12CCO[C@@H](CCO)[C@@H]1COc1c(F)ccc(F)c12.[C-]#N.[K+]. The Balaban J connectivity index is 0.000000205.